The predicted molar refractivity (Wildman–Crippen MR) is 60.5 cm³/mol. The molecular weight excluding hydrogens is 234 g/mol. The van der Waals surface area contributed by atoms with Crippen LogP contribution in [0.2, 0.25) is 5.02 Å². The fourth-order valence-electron chi connectivity index (χ4n) is 1.27. The number of carboxylic acid groups (broad SMARTS) is 1. The van der Waals surface area contributed by atoms with Gasteiger partial charge in [0, 0.05) is 0 Å². The van der Waals surface area contributed by atoms with Crippen LogP contribution < -0.4 is 15.2 Å². The highest BCUT2D eigenvalue weighted by molar-refractivity contribution is 6.34. The molecule has 1 aromatic carbocycles. The van der Waals surface area contributed by atoms with E-state index >= 15 is 0 Å². The summed E-state index contributed by atoms with van der Waals surface area (Å²) in [6, 6.07) is 1.24. The molecule has 0 aromatic heterocycles. The predicted octanol–water partition coefficient (Wildman–Crippen LogP) is 2.03. The number of ether oxygens (including phenoxy) is 2. The third-order valence-electron chi connectivity index (χ3n) is 1.95. The fourth-order valence-corrected chi connectivity index (χ4v) is 1.47. The van der Waals surface area contributed by atoms with Crippen LogP contribution in [0.1, 0.15) is 17.3 Å². The number of aromatic carboxylic acids is 1. The first-order valence-electron chi connectivity index (χ1n) is 4.55. The summed E-state index contributed by atoms with van der Waals surface area (Å²) < 4.78 is 10.2. The minimum Gasteiger partial charge on any atom is -0.492 e. The number of rotatable bonds is 4. The summed E-state index contributed by atoms with van der Waals surface area (Å²) in [7, 11) is 1.34. The Labute approximate surface area is 97.7 Å². The van der Waals surface area contributed by atoms with E-state index < -0.39 is 5.97 Å². The number of nitrogen functional groups attached to an aromatic ring is 1. The Morgan fingerprint density at radius 3 is 2.62 bits per heavy atom. The van der Waals surface area contributed by atoms with Gasteiger partial charge in [0.05, 0.1) is 24.4 Å². The largest absolute Gasteiger partial charge is 0.492 e. The van der Waals surface area contributed by atoms with Crippen LogP contribution >= 0.6 is 11.6 Å². The molecule has 0 heterocycles. The maximum atomic E-state index is 11.0. The highest BCUT2D eigenvalue weighted by Gasteiger charge is 2.21. The van der Waals surface area contributed by atoms with E-state index in [1.807, 2.05) is 0 Å². The van der Waals surface area contributed by atoms with Gasteiger partial charge in [-0.05, 0) is 13.0 Å². The molecule has 88 valence electrons. The van der Waals surface area contributed by atoms with Gasteiger partial charge in [-0.1, -0.05) is 11.6 Å². The van der Waals surface area contributed by atoms with Gasteiger partial charge in [0.15, 0.2) is 11.5 Å². The first-order valence-corrected chi connectivity index (χ1v) is 4.92. The van der Waals surface area contributed by atoms with Crippen molar-refractivity contribution in [1.82, 2.24) is 0 Å². The second-order valence-electron chi connectivity index (χ2n) is 2.92. The number of benzene rings is 1. The smallest absolute Gasteiger partial charge is 0.339 e. The van der Waals surface area contributed by atoms with E-state index in [0.29, 0.717) is 6.61 Å². The molecule has 0 aliphatic carbocycles. The van der Waals surface area contributed by atoms with Crippen LogP contribution in [-0.2, 0) is 0 Å². The minimum absolute atomic E-state index is 0.0786. The van der Waals surface area contributed by atoms with Crippen LogP contribution in [0.15, 0.2) is 6.07 Å². The third-order valence-corrected chi connectivity index (χ3v) is 2.26. The molecule has 0 amide bonds. The van der Waals surface area contributed by atoms with Crippen LogP contribution in [0, 0.1) is 0 Å². The molecule has 16 heavy (non-hydrogen) atoms. The zero-order valence-electron chi connectivity index (χ0n) is 8.91. The van der Waals surface area contributed by atoms with Gasteiger partial charge in [0.25, 0.3) is 0 Å². The van der Waals surface area contributed by atoms with Crippen molar-refractivity contribution in [1.29, 1.82) is 0 Å². The molecule has 0 spiro atoms. The molecule has 1 rings (SSSR count). The normalized spacial score (nSPS) is 9.94. The van der Waals surface area contributed by atoms with E-state index in [-0.39, 0.29) is 27.8 Å². The summed E-state index contributed by atoms with van der Waals surface area (Å²) in [6.07, 6.45) is 0. The third kappa shape index (κ3) is 2.14. The zero-order chi connectivity index (χ0) is 12.3. The molecule has 0 radical (unpaired) electrons. The second-order valence-corrected chi connectivity index (χ2v) is 3.33. The number of hydrogen-bond donors (Lipinski definition) is 2. The standard InChI is InChI=1S/C10H12ClNO4/c1-3-16-9-7(12)6(11)4-5(10(13)14)8(9)15-2/h4H,3,12H2,1-2H3,(H,13,14). The number of halogens is 1. The number of nitrogens with two attached hydrogens (primary N) is 1. The number of carboxylic acids is 1. The monoisotopic (exact) mass is 245 g/mol. The fraction of sp³-hybridized carbons (Fsp3) is 0.300. The van der Waals surface area contributed by atoms with Crippen molar-refractivity contribution in [2.24, 2.45) is 0 Å². The van der Waals surface area contributed by atoms with Crippen molar-refractivity contribution in [2.45, 2.75) is 6.92 Å². The summed E-state index contributed by atoms with van der Waals surface area (Å²) in [5, 5.41) is 9.10. The summed E-state index contributed by atoms with van der Waals surface area (Å²) in [5.74, 6) is -0.911. The summed E-state index contributed by atoms with van der Waals surface area (Å²) in [4.78, 5) is 11.0. The van der Waals surface area contributed by atoms with Crippen LogP contribution in [-0.4, -0.2) is 24.8 Å². The van der Waals surface area contributed by atoms with Gasteiger partial charge in [-0.15, -0.1) is 0 Å². The Balaban J connectivity index is 3.48. The van der Waals surface area contributed by atoms with Gasteiger partial charge in [-0.2, -0.15) is 0 Å². The summed E-state index contributed by atoms with van der Waals surface area (Å²) in [6.45, 7) is 2.08. The maximum absolute atomic E-state index is 11.0. The van der Waals surface area contributed by atoms with Crippen molar-refractivity contribution in [3.8, 4) is 11.5 Å². The number of methoxy groups -OCH3 is 1. The molecule has 0 aliphatic heterocycles. The Morgan fingerprint density at radius 1 is 1.56 bits per heavy atom. The molecule has 6 heteroatoms. The summed E-state index contributed by atoms with van der Waals surface area (Å²) >= 11 is 5.80. The van der Waals surface area contributed by atoms with Crippen molar-refractivity contribution < 1.29 is 19.4 Å². The molecule has 0 fully saturated rings. The quantitative estimate of drug-likeness (QED) is 0.793. The minimum atomic E-state index is -1.15. The zero-order valence-corrected chi connectivity index (χ0v) is 9.67. The van der Waals surface area contributed by atoms with E-state index in [1.54, 1.807) is 6.92 Å². The van der Waals surface area contributed by atoms with E-state index in [9.17, 15) is 4.79 Å². The van der Waals surface area contributed by atoms with Crippen molar-refractivity contribution in [2.75, 3.05) is 19.5 Å². The molecule has 0 saturated heterocycles. The molecule has 0 atom stereocenters. The Hall–Kier alpha value is -1.62. The lowest BCUT2D eigenvalue weighted by Gasteiger charge is -2.15. The van der Waals surface area contributed by atoms with Crippen LogP contribution in [0.25, 0.3) is 0 Å². The van der Waals surface area contributed by atoms with E-state index in [0.717, 1.165) is 0 Å². The van der Waals surface area contributed by atoms with Crippen molar-refractivity contribution >= 4 is 23.3 Å². The second kappa shape index (κ2) is 4.94. The van der Waals surface area contributed by atoms with Crippen molar-refractivity contribution in [3.63, 3.8) is 0 Å². The Kier molecular flexibility index (Phi) is 3.84. The molecule has 0 bridgehead atoms. The lowest BCUT2D eigenvalue weighted by Crippen LogP contribution is -2.06. The van der Waals surface area contributed by atoms with Gasteiger partial charge in [-0.3, -0.25) is 0 Å². The lowest BCUT2D eigenvalue weighted by molar-refractivity contribution is 0.0692. The average Bonchev–Trinajstić information content (AvgIpc) is 2.24. The summed E-state index contributed by atoms with van der Waals surface area (Å²) in [5.41, 5.74) is 5.78. The first kappa shape index (κ1) is 12.4. The topological polar surface area (TPSA) is 81.8 Å². The van der Waals surface area contributed by atoms with Gasteiger partial charge < -0.3 is 20.3 Å². The Morgan fingerprint density at radius 2 is 2.19 bits per heavy atom. The SMILES string of the molecule is CCOc1c(N)c(Cl)cc(C(=O)O)c1OC. The molecule has 3 N–H and O–H groups in total. The Bertz CT molecular complexity index is 420. The van der Waals surface area contributed by atoms with Gasteiger partial charge in [0.2, 0.25) is 0 Å². The van der Waals surface area contributed by atoms with E-state index in [2.05, 4.69) is 0 Å². The van der Waals surface area contributed by atoms with E-state index in [1.165, 1.54) is 13.2 Å². The number of anilines is 1. The van der Waals surface area contributed by atoms with Gasteiger partial charge in [-0.25, -0.2) is 4.79 Å². The average molecular weight is 246 g/mol. The van der Waals surface area contributed by atoms with Gasteiger partial charge >= 0.3 is 5.97 Å². The molecule has 0 saturated carbocycles. The molecule has 0 unspecified atom stereocenters. The van der Waals surface area contributed by atoms with Crippen LogP contribution in [0.3, 0.4) is 0 Å². The highest BCUT2D eigenvalue weighted by Crippen LogP contribution is 2.41. The first-order chi connectivity index (χ1) is 7.52. The van der Waals surface area contributed by atoms with Crippen molar-refractivity contribution in [3.05, 3.63) is 16.7 Å². The van der Waals surface area contributed by atoms with Crippen LogP contribution in [0.4, 0.5) is 5.69 Å². The molecule has 5 nitrogen and oxygen atoms in total. The number of hydrogen-bond acceptors (Lipinski definition) is 4. The van der Waals surface area contributed by atoms with Gasteiger partial charge in [0.1, 0.15) is 5.56 Å². The highest BCUT2D eigenvalue weighted by atomic mass is 35.5. The number of carbonyl (C=O) groups is 1. The van der Waals surface area contributed by atoms with E-state index in [4.69, 9.17) is 31.9 Å². The molecule has 0 aliphatic rings. The molecular formula is C10H12ClNO4. The molecule has 1 aromatic rings. The maximum Gasteiger partial charge on any atom is 0.339 e. The van der Waals surface area contributed by atoms with Crippen LogP contribution in [0.5, 0.6) is 11.5 Å². The lowest BCUT2D eigenvalue weighted by atomic mass is 10.1.